The van der Waals surface area contributed by atoms with E-state index in [2.05, 4.69) is 48.1 Å². The number of para-hydroxylation sites is 1. The number of fused-ring (bicyclic) bond motifs is 1. The Morgan fingerprint density at radius 2 is 2.11 bits per heavy atom. The van der Waals surface area contributed by atoms with Crippen LogP contribution in [0.5, 0.6) is 0 Å². The van der Waals surface area contributed by atoms with Crippen LogP contribution in [0, 0.1) is 5.41 Å². The van der Waals surface area contributed by atoms with Crippen LogP contribution in [0.15, 0.2) is 24.3 Å². The van der Waals surface area contributed by atoms with E-state index in [4.69, 9.17) is 5.10 Å². The second-order valence-electron chi connectivity index (χ2n) is 5.69. The number of nitrogens with zero attached hydrogens (tertiary/aromatic N) is 2. The Morgan fingerprint density at radius 3 is 2.83 bits per heavy atom. The van der Waals surface area contributed by atoms with Gasteiger partial charge in [-0.3, -0.25) is 4.68 Å². The van der Waals surface area contributed by atoms with Crippen molar-refractivity contribution in [3.8, 4) is 0 Å². The van der Waals surface area contributed by atoms with Crippen molar-refractivity contribution in [2.45, 2.75) is 39.8 Å². The SMILES string of the molecule is CCn1nc(CNCC2(C)CC2)c2ccccc21. The highest BCUT2D eigenvalue weighted by Gasteiger charge is 2.36. The molecule has 1 aliphatic rings. The summed E-state index contributed by atoms with van der Waals surface area (Å²) in [5, 5.41) is 9.54. The van der Waals surface area contributed by atoms with Gasteiger partial charge in [0.15, 0.2) is 0 Å². The predicted octanol–water partition coefficient (Wildman–Crippen LogP) is 2.95. The molecule has 0 aliphatic heterocycles. The largest absolute Gasteiger partial charge is 0.311 e. The fourth-order valence-corrected chi connectivity index (χ4v) is 2.44. The van der Waals surface area contributed by atoms with Gasteiger partial charge in [0.05, 0.1) is 11.2 Å². The summed E-state index contributed by atoms with van der Waals surface area (Å²) in [6.07, 6.45) is 2.73. The van der Waals surface area contributed by atoms with Gasteiger partial charge >= 0.3 is 0 Å². The molecule has 1 aliphatic carbocycles. The number of nitrogens with one attached hydrogen (secondary N) is 1. The van der Waals surface area contributed by atoms with Crippen molar-refractivity contribution in [2.75, 3.05) is 6.54 Å². The average Bonchev–Trinajstić information content (AvgIpc) is 3.01. The lowest BCUT2D eigenvalue weighted by Crippen LogP contribution is -2.21. The summed E-state index contributed by atoms with van der Waals surface area (Å²) in [6.45, 7) is 7.41. The summed E-state index contributed by atoms with van der Waals surface area (Å²) in [6, 6.07) is 8.50. The summed E-state index contributed by atoms with van der Waals surface area (Å²) in [5.41, 5.74) is 2.98. The van der Waals surface area contributed by atoms with E-state index < -0.39 is 0 Å². The van der Waals surface area contributed by atoms with Crippen molar-refractivity contribution in [1.82, 2.24) is 15.1 Å². The van der Waals surface area contributed by atoms with Crippen LogP contribution in [0.1, 0.15) is 32.4 Å². The molecule has 0 saturated heterocycles. The van der Waals surface area contributed by atoms with Crippen molar-refractivity contribution in [3.63, 3.8) is 0 Å². The minimum Gasteiger partial charge on any atom is -0.311 e. The third-order valence-corrected chi connectivity index (χ3v) is 3.98. The molecule has 3 heteroatoms. The zero-order valence-electron chi connectivity index (χ0n) is 11.2. The summed E-state index contributed by atoms with van der Waals surface area (Å²) in [7, 11) is 0. The first-order valence-electron chi connectivity index (χ1n) is 6.87. The van der Waals surface area contributed by atoms with Crippen molar-refractivity contribution in [3.05, 3.63) is 30.0 Å². The molecule has 1 aromatic heterocycles. The molecule has 96 valence electrons. The number of aromatic nitrogens is 2. The monoisotopic (exact) mass is 243 g/mol. The standard InChI is InChI=1S/C15H21N3/c1-3-18-14-7-5-4-6-12(14)13(17-18)10-16-11-15(2)8-9-15/h4-7,16H,3,8-11H2,1-2H3. The van der Waals surface area contributed by atoms with Gasteiger partial charge < -0.3 is 5.32 Å². The van der Waals surface area contributed by atoms with Crippen LogP contribution < -0.4 is 5.32 Å². The summed E-state index contributed by atoms with van der Waals surface area (Å²) in [5.74, 6) is 0. The molecule has 1 saturated carbocycles. The Bertz CT molecular complexity index is 552. The van der Waals surface area contributed by atoms with E-state index >= 15 is 0 Å². The number of hydrogen-bond donors (Lipinski definition) is 1. The van der Waals surface area contributed by atoms with Crippen molar-refractivity contribution >= 4 is 10.9 Å². The molecular weight excluding hydrogens is 222 g/mol. The average molecular weight is 243 g/mol. The maximum Gasteiger partial charge on any atom is 0.0841 e. The lowest BCUT2D eigenvalue weighted by molar-refractivity contribution is 0.495. The van der Waals surface area contributed by atoms with Gasteiger partial charge in [0, 0.05) is 25.0 Å². The van der Waals surface area contributed by atoms with Crippen LogP contribution >= 0.6 is 0 Å². The van der Waals surface area contributed by atoms with E-state index in [1.54, 1.807) is 0 Å². The van der Waals surface area contributed by atoms with Gasteiger partial charge in [-0.15, -0.1) is 0 Å². The molecule has 1 heterocycles. The van der Waals surface area contributed by atoms with Crippen LogP contribution in [0.2, 0.25) is 0 Å². The molecule has 1 N–H and O–H groups in total. The third-order valence-electron chi connectivity index (χ3n) is 3.98. The molecule has 0 bridgehead atoms. The van der Waals surface area contributed by atoms with Gasteiger partial charge in [-0.25, -0.2) is 0 Å². The number of rotatable bonds is 5. The van der Waals surface area contributed by atoms with Gasteiger partial charge in [0.25, 0.3) is 0 Å². The molecule has 1 aromatic carbocycles. The fraction of sp³-hybridized carbons (Fsp3) is 0.533. The van der Waals surface area contributed by atoms with Gasteiger partial charge in [-0.05, 0) is 31.2 Å². The molecule has 0 radical (unpaired) electrons. The Kier molecular flexibility index (Phi) is 2.86. The minimum atomic E-state index is 0.559. The first kappa shape index (κ1) is 11.7. The molecular formula is C15H21N3. The van der Waals surface area contributed by atoms with Gasteiger partial charge in [0.1, 0.15) is 0 Å². The molecule has 0 amide bonds. The predicted molar refractivity (Wildman–Crippen MR) is 74.5 cm³/mol. The lowest BCUT2D eigenvalue weighted by atomic mass is 10.1. The van der Waals surface area contributed by atoms with Crippen LogP contribution in [0.3, 0.4) is 0 Å². The molecule has 3 nitrogen and oxygen atoms in total. The first-order chi connectivity index (χ1) is 8.72. The minimum absolute atomic E-state index is 0.559. The Labute approximate surface area is 108 Å². The van der Waals surface area contributed by atoms with Gasteiger partial charge in [-0.2, -0.15) is 5.10 Å². The smallest absolute Gasteiger partial charge is 0.0841 e. The molecule has 2 aromatic rings. The lowest BCUT2D eigenvalue weighted by Gasteiger charge is -2.08. The molecule has 0 spiro atoms. The molecule has 0 atom stereocenters. The van der Waals surface area contributed by atoms with E-state index in [-0.39, 0.29) is 0 Å². The van der Waals surface area contributed by atoms with Gasteiger partial charge in [0.2, 0.25) is 0 Å². The first-order valence-corrected chi connectivity index (χ1v) is 6.87. The summed E-state index contributed by atoms with van der Waals surface area (Å²) < 4.78 is 2.09. The number of aryl methyl sites for hydroxylation is 1. The van der Waals surface area contributed by atoms with Crippen molar-refractivity contribution in [2.24, 2.45) is 5.41 Å². The van der Waals surface area contributed by atoms with Crippen molar-refractivity contribution < 1.29 is 0 Å². The summed E-state index contributed by atoms with van der Waals surface area (Å²) >= 11 is 0. The highest BCUT2D eigenvalue weighted by Crippen LogP contribution is 2.44. The topological polar surface area (TPSA) is 29.9 Å². The zero-order chi connectivity index (χ0) is 12.6. The van der Waals surface area contributed by atoms with Crippen LogP contribution in [0.4, 0.5) is 0 Å². The third kappa shape index (κ3) is 2.15. The quantitative estimate of drug-likeness (QED) is 0.875. The molecule has 1 fully saturated rings. The maximum absolute atomic E-state index is 4.70. The number of hydrogen-bond acceptors (Lipinski definition) is 2. The van der Waals surface area contributed by atoms with E-state index in [0.717, 1.165) is 19.6 Å². The highest BCUT2D eigenvalue weighted by atomic mass is 15.3. The molecule has 18 heavy (non-hydrogen) atoms. The Balaban J connectivity index is 1.78. The zero-order valence-corrected chi connectivity index (χ0v) is 11.2. The van der Waals surface area contributed by atoms with E-state index in [9.17, 15) is 0 Å². The van der Waals surface area contributed by atoms with Crippen LogP contribution in [0.25, 0.3) is 10.9 Å². The molecule has 0 unspecified atom stereocenters. The maximum atomic E-state index is 4.70. The fourth-order valence-electron chi connectivity index (χ4n) is 2.44. The second-order valence-corrected chi connectivity index (χ2v) is 5.69. The second kappa shape index (κ2) is 4.39. The molecule has 3 rings (SSSR count). The normalized spacial score (nSPS) is 17.2. The van der Waals surface area contributed by atoms with Crippen molar-refractivity contribution in [1.29, 1.82) is 0 Å². The number of benzene rings is 1. The highest BCUT2D eigenvalue weighted by molar-refractivity contribution is 5.81. The Morgan fingerprint density at radius 1 is 1.33 bits per heavy atom. The van der Waals surface area contributed by atoms with E-state index in [0.29, 0.717) is 5.41 Å². The van der Waals surface area contributed by atoms with E-state index in [1.165, 1.54) is 29.4 Å². The summed E-state index contributed by atoms with van der Waals surface area (Å²) in [4.78, 5) is 0. The van der Waals surface area contributed by atoms with E-state index in [1.807, 2.05) is 0 Å². The van der Waals surface area contributed by atoms with Gasteiger partial charge in [-0.1, -0.05) is 25.1 Å². The Hall–Kier alpha value is -1.35. The van der Waals surface area contributed by atoms with Crippen LogP contribution in [-0.4, -0.2) is 16.3 Å². The van der Waals surface area contributed by atoms with Crippen LogP contribution in [-0.2, 0) is 13.1 Å².